The van der Waals surface area contributed by atoms with Crippen molar-refractivity contribution in [2.45, 2.75) is 26.2 Å². The molecule has 2 heterocycles. The molecule has 2 saturated heterocycles. The zero-order valence-electron chi connectivity index (χ0n) is 17.8. The minimum atomic E-state index is 0.582. The van der Waals surface area contributed by atoms with Crippen LogP contribution in [0.4, 0.5) is 5.69 Å². The van der Waals surface area contributed by atoms with Gasteiger partial charge in [-0.3, -0.25) is 4.99 Å². The standard InChI is InChI=1S/C22H35ClN4O2/c1-17-4-5-20(23)12-21(17)27-9-6-18(14-27)13-26-22(24-2)25-8-3-10-28-15-19-7-11-29-16-19/h4-5,12,18-19H,3,6-11,13-16H2,1-2H3,(H2,24,25,26). The monoisotopic (exact) mass is 422 g/mol. The molecule has 2 fully saturated rings. The van der Waals surface area contributed by atoms with Crippen LogP contribution in [0.5, 0.6) is 0 Å². The molecule has 1 aromatic rings. The Morgan fingerprint density at radius 1 is 1.31 bits per heavy atom. The third-order valence-corrected chi connectivity index (χ3v) is 5.95. The number of nitrogens with one attached hydrogen (secondary N) is 2. The average molecular weight is 423 g/mol. The fourth-order valence-corrected chi connectivity index (χ4v) is 4.12. The first-order valence-corrected chi connectivity index (χ1v) is 11.1. The molecular formula is C22H35ClN4O2. The Labute approximate surface area is 180 Å². The molecule has 0 bridgehead atoms. The summed E-state index contributed by atoms with van der Waals surface area (Å²) >= 11 is 6.19. The summed E-state index contributed by atoms with van der Waals surface area (Å²) in [5, 5.41) is 7.66. The van der Waals surface area contributed by atoms with Gasteiger partial charge < -0.3 is 25.0 Å². The van der Waals surface area contributed by atoms with Gasteiger partial charge in [0, 0.05) is 63.1 Å². The van der Waals surface area contributed by atoms with E-state index in [9.17, 15) is 0 Å². The van der Waals surface area contributed by atoms with E-state index in [2.05, 4.69) is 39.6 Å². The van der Waals surface area contributed by atoms with E-state index in [0.717, 1.165) is 76.4 Å². The van der Waals surface area contributed by atoms with Crippen molar-refractivity contribution in [2.24, 2.45) is 16.8 Å². The number of anilines is 1. The lowest BCUT2D eigenvalue weighted by Gasteiger charge is -2.21. The van der Waals surface area contributed by atoms with Crippen molar-refractivity contribution >= 4 is 23.2 Å². The largest absolute Gasteiger partial charge is 0.381 e. The summed E-state index contributed by atoms with van der Waals surface area (Å²) in [7, 11) is 1.82. The third kappa shape index (κ3) is 7.05. The highest BCUT2D eigenvalue weighted by Gasteiger charge is 2.24. The van der Waals surface area contributed by atoms with Crippen LogP contribution in [0.25, 0.3) is 0 Å². The van der Waals surface area contributed by atoms with Gasteiger partial charge in [-0.2, -0.15) is 0 Å². The SMILES string of the molecule is CN=C(NCCCOCC1CCOC1)NCC1CCN(c2cc(Cl)ccc2C)C1. The quantitative estimate of drug-likeness (QED) is 0.364. The van der Waals surface area contributed by atoms with Crippen LogP contribution in [0.1, 0.15) is 24.8 Å². The first kappa shape index (κ1) is 22.2. The van der Waals surface area contributed by atoms with Crippen LogP contribution in [0.3, 0.4) is 0 Å². The van der Waals surface area contributed by atoms with Crippen LogP contribution in [0.2, 0.25) is 5.02 Å². The Kier molecular flexibility index (Phi) is 8.90. The molecule has 0 amide bonds. The summed E-state index contributed by atoms with van der Waals surface area (Å²) in [5.41, 5.74) is 2.54. The summed E-state index contributed by atoms with van der Waals surface area (Å²) in [6.07, 6.45) is 3.28. The fraction of sp³-hybridized carbons (Fsp3) is 0.682. The van der Waals surface area contributed by atoms with Gasteiger partial charge in [0.05, 0.1) is 13.2 Å². The molecular weight excluding hydrogens is 388 g/mol. The highest BCUT2D eigenvalue weighted by Crippen LogP contribution is 2.29. The molecule has 0 aromatic heterocycles. The van der Waals surface area contributed by atoms with Gasteiger partial charge in [-0.05, 0) is 49.8 Å². The van der Waals surface area contributed by atoms with Gasteiger partial charge in [0.25, 0.3) is 0 Å². The van der Waals surface area contributed by atoms with Gasteiger partial charge in [0.1, 0.15) is 0 Å². The summed E-state index contributed by atoms with van der Waals surface area (Å²) in [6.45, 7) is 9.38. The van der Waals surface area contributed by atoms with E-state index in [1.54, 1.807) is 0 Å². The number of hydrogen-bond donors (Lipinski definition) is 2. The van der Waals surface area contributed by atoms with Crippen LogP contribution in [0.15, 0.2) is 23.2 Å². The lowest BCUT2D eigenvalue weighted by Crippen LogP contribution is -2.40. The van der Waals surface area contributed by atoms with Crippen molar-refractivity contribution in [2.75, 3.05) is 64.6 Å². The topological polar surface area (TPSA) is 58.1 Å². The first-order chi connectivity index (χ1) is 14.2. The summed E-state index contributed by atoms with van der Waals surface area (Å²) < 4.78 is 11.1. The second-order valence-electron chi connectivity index (χ2n) is 8.07. The molecule has 2 aliphatic rings. The highest BCUT2D eigenvalue weighted by molar-refractivity contribution is 6.30. The maximum absolute atomic E-state index is 6.19. The molecule has 2 unspecified atom stereocenters. The number of nitrogens with zero attached hydrogens (tertiary/aromatic N) is 2. The second kappa shape index (κ2) is 11.6. The molecule has 2 N–H and O–H groups in total. The normalized spacial score (nSPS) is 22.3. The molecule has 3 rings (SSSR count). The smallest absolute Gasteiger partial charge is 0.190 e. The van der Waals surface area contributed by atoms with Crippen LogP contribution in [-0.4, -0.2) is 65.6 Å². The van der Waals surface area contributed by atoms with Crippen molar-refractivity contribution < 1.29 is 9.47 Å². The number of hydrogen-bond acceptors (Lipinski definition) is 4. The zero-order chi connectivity index (χ0) is 20.5. The minimum absolute atomic E-state index is 0.582. The second-order valence-corrected chi connectivity index (χ2v) is 8.51. The van der Waals surface area contributed by atoms with Crippen LogP contribution in [0, 0.1) is 18.8 Å². The summed E-state index contributed by atoms with van der Waals surface area (Å²) in [4.78, 5) is 6.78. The predicted molar refractivity (Wildman–Crippen MR) is 120 cm³/mol. The van der Waals surface area contributed by atoms with Crippen molar-refractivity contribution in [3.05, 3.63) is 28.8 Å². The van der Waals surface area contributed by atoms with E-state index < -0.39 is 0 Å². The van der Waals surface area contributed by atoms with Crippen LogP contribution < -0.4 is 15.5 Å². The van der Waals surface area contributed by atoms with Crippen molar-refractivity contribution in [1.29, 1.82) is 0 Å². The fourth-order valence-electron chi connectivity index (χ4n) is 3.95. The van der Waals surface area contributed by atoms with Gasteiger partial charge in [-0.15, -0.1) is 0 Å². The van der Waals surface area contributed by atoms with Crippen LogP contribution >= 0.6 is 11.6 Å². The summed E-state index contributed by atoms with van der Waals surface area (Å²) in [5.74, 6) is 2.05. The maximum Gasteiger partial charge on any atom is 0.190 e. The van der Waals surface area contributed by atoms with Crippen molar-refractivity contribution in [3.63, 3.8) is 0 Å². The average Bonchev–Trinajstić information content (AvgIpc) is 3.41. The molecule has 0 saturated carbocycles. The van der Waals surface area contributed by atoms with Gasteiger partial charge in [0.15, 0.2) is 5.96 Å². The predicted octanol–water partition coefficient (Wildman–Crippen LogP) is 3.08. The maximum atomic E-state index is 6.19. The number of benzene rings is 1. The number of guanidine groups is 1. The molecule has 7 heteroatoms. The lowest BCUT2D eigenvalue weighted by molar-refractivity contribution is 0.0888. The molecule has 2 aliphatic heterocycles. The lowest BCUT2D eigenvalue weighted by atomic mass is 10.1. The molecule has 2 atom stereocenters. The minimum Gasteiger partial charge on any atom is -0.381 e. The van der Waals surface area contributed by atoms with E-state index in [4.69, 9.17) is 21.1 Å². The first-order valence-electron chi connectivity index (χ1n) is 10.8. The third-order valence-electron chi connectivity index (χ3n) is 5.71. The Morgan fingerprint density at radius 2 is 2.21 bits per heavy atom. The van der Waals surface area contributed by atoms with Crippen molar-refractivity contribution in [1.82, 2.24) is 10.6 Å². The van der Waals surface area contributed by atoms with Crippen LogP contribution in [-0.2, 0) is 9.47 Å². The molecule has 0 radical (unpaired) electrons. The highest BCUT2D eigenvalue weighted by atomic mass is 35.5. The molecule has 162 valence electrons. The molecule has 29 heavy (non-hydrogen) atoms. The number of halogens is 1. The van der Waals surface area contributed by atoms with Gasteiger partial charge in [-0.25, -0.2) is 0 Å². The number of ether oxygens (including phenoxy) is 2. The Balaban J connectivity index is 1.30. The number of rotatable bonds is 9. The van der Waals surface area contributed by atoms with E-state index in [1.165, 1.54) is 17.7 Å². The number of aliphatic imine (C=N–C) groups is 1. The Hall–Kier alpha value is -1.50. The number of aryl methyl sites for hydroxylation is 1. The van der Waals surface area contributed by atoms with Crippen molar-refractivity contribution in [3.8, 4) is 0 Å². The Morgan fingerprint density at radius 3 is 3.00 bits per heavy atom. The van der Waals surface area contributed by atoms with E-state index >= 15 is 0 Å². The molecule has 6 nitrogen and oxygen atoms in total. The van der Waals surface area contributed by atoms with E-state index in [-0.39, 0.29) is 0 Å². The van der Waals surface area contributed by atoms with Gasteiger partial charge >= 0.3 is 0 Å². The van der Waals surface area contributed by atoms with E-state index in [0.29, 0.717) is 11.8 Å². The zero-order valence-corrected chi connectivity index (χ0v) is 18.5. The molecule has 0 aliphatic carbocycles. The van der Waals surface area contributed by atoms with E-state index in [1.807, 2.05) is 13.1 Å². The molecule has 1 aromatic carbocycles. The Bertz CT molecular complexity index is 664. The summed E-state index contributed by atoms with van der Waals surface area (Å²) in [6, 6.07) is 6.13. The van der Waals surface area contributed by atoms with Gasteiger partial charge in [0.2, 0.25) is 0 Å². The van der Waals surface area contributed by atoms with Gasteiger partial charge in [-0.1, -0.05) is 17.7 Å². The molecule has 0 spiro atoms.